The van der Waals surface area contributed by atoms with Gasteiger partial charge >= 0.3 is 5.97 Å². The lowest BCUT2D eigenvalue weighted by Gasteiger charge is -2.30. The van der Waals surface area contributed by atoms with E-state index < -0.39 is 14.9 Å². The maximum atomic E-state index is 12.8. The number of nitro benzene ring substituents is 1. The molecular weight excluding hydrogens is 348 g/mol. The second-order valence-corrected chi connectivity index (χ2v) is 8.01. The molecule has 9 heteroatoms. The van der Waals surface area contributed by atoms with Crippen LogP contribution in [0.15, 0.2) is 17.0 Å². The van der Waals surface area contributed by atoms with E-state index in [2.05, 4.69) is 0 Å². The standard InChI is InChI=1S/C16H22N2O6S/c1-4-24-16(19)13-5-7-17(8-6-13)25(22,23)14-9-11(2)12(3)15(10-14)18(20)21/h9-10,13H,4-8H2,1-3H3. The molecule has 2 rings (SSSR count). The summed E-state index contributed by atoms with van der Waals surface area (Å²) < 4.78 is 31.9. The Labute approximate surface area is 147 Å². The molecule has 1 aromatic carbocycles. The second-order valence-electron chi connectivity index (χ2n) is 6.07. The van der Waals surface area contributed by atoms with Gasteiger partial charge in [-0.25, -0.2) is 8.42 Å². The summed E-state index contributed by atoms with van der Waals surface area (Å²) in [7, 11) is -3.84. The monoisotopic (exact) mass is 370 g/mol. The Hall–Kier alpha value is -2.00. The first kappa shape index (κ1) is 19.3. The highest BCUT2D eigenvalue weighted by molar-refractivity contribution is 7.89. The maximum Gasteiger partial charge on any atom is 0.309 e. The van der Waals surface area contributed by atoms with Gasteiger partial charge in [0.25, 0.3) is 5.69 Å². The molecule has 1 aromatic rings. The number of hydrogen-bond donors (Lipinski definition) is 0. The van der Waals surface area contributed by atoms with E-state index >= 15 is 0 Å². The number of rotatable bonds is 5. The maximum absolute atomic E-state index is 12.8. The van der Waals surface area contributed by atoms with Crippen molar-refractivity contribution in [2.24, 2.45) is 5.92 Å². The number of esters is 1. The van der Waals surface area contributed by atoms with E-state index in [-0.39, 0.29) is 35.6 Å². The van der Waals surface area contributed by atoms with Crippen molar-refractivity contribution < 1.29 is 22.9 Å². The van der Waals surface area contributed by atoms with Gasteiger partial charge in [0.2, 0.25) is 10.0 Å². The van der Waals surface area contributed by atoms with Gasteiger partial charge in [0.05, 0.1) is 22.3 Å². The summed E-state index contributed by atoms with van der Waals surface area (Å²) in [4.78, 5) is 22.3. The van der Waals surface area contributed by atoms with Crippen molar-refractivity contribution in [3.63, 3.8) is 0 Å². The molecule has 138 valence electrons. The van der Waals surface area contributed by atoms with Crippen LogP contribution < -0.4 is 0 Å². The SMILES string of the molecule is CCOC(=O)C1CCN(S(=O)(=O)c2cc(C)c(C)c([N+](=O)[O-])c2)CC1. The van der Waals surface area contributed by atoms with E-state index in [9.17, 15) is 23.3 Å². The van der Waals surface area contributed by atoms with Crippen LogP contribution in [0.2, 0.25) is 0 Å². The van der Waals surface area contributed by atoms with Crippen molar-refractivity contribution in [1.29, 1.82) is 0 Å². The summed E-state index contributed by atoms with van der Waals surface area (Å²) in [6.07, 6.45) is 0.760. The Morgan fingerprint density at radius 1 is 1.32 bits per heavy atom. The molecule has 0 saturated carbocycles. The number of ether oxygens (including phenoxy) is 1. The smallest absolute Gasteiger partial charge is 0.309 e. The number of nitro groups is 1. The molecule has 1 aliphatic rings. The molecule has 8 nitrogen and oxygen atoms in total. The summed E-state index contributed by atoms with van der Waals surface area (Å²) >= 11 is 0. The molecule has 0 radical (unpaired) electrons. The number of benzene rings is 1. The highest BCUT2D eigenvalue weighted by Crippen LogP contribution is 2.30. The van der Waals surface area contributed by atoms with Gasteiger partial charge in [0.15, 0.2) is 0 Å². The van der Waals surface area contributed by atoms with Gasteiger partial charge in [-0.3, -0.25) is 14.9 Å². The fraction of sp³-hybridized carbons (Fsp3) is 0.562. The van der Waals surface area contributed by atoms with Gasteiger partial charge in [-0.05, 0) is 45.2 Å². The summed E-state index contributed by atoms with van der Waals surface area (Å²) in [5.74, 6) is -0.609. The van der Waals surface area contributed by atoms with E-state index in [1.807, 2.05) is 0 Å². The van der Waals surface area contributed by atoms with Gasteiger partial charge in [-0.1, -0.05) is 0 Å². The summed E-state index contributed by atoms with van der Waals surface area (Å²) in [6.45, 7) is 5.63. The third-order valence-corrected chi connectivity index (χ3v) is 6.40. The molecule has 0 bridgehead atoms. The van der Waals surface area contributed by atoms with Crippen molar-refractivity contribution in [1.82, 2.24) is 4.31 Å². The molecule has 1 heterocycles. The molecule has 0 aromatic heterocycles. The Kier molecular flexibility index (Phi) is 5.79. The second kappa shape index (κ2) is 7.49. The molecule has 1 fully saturated rings. The number of piperidine rings is 1. The van der Waals surface area contributed by atoms with E-state index in [1.165, 1.54) is 10.4 Å². The molecule has 0 unspecified atom stereocenters. The third kappa shape index (κ3) is 3.98. The van der Waals surface area contributed by atoms with E-state index in [0.29, 0.717) is 30.6 Å². The normalized spacial score (nSPS) is 16.6. The lowest BCUT2D eigenvalue weighted by atomic mass is 9.98. The van der Waals surface area contributed by atoms with Gasteiger partial charge < -0.3 is 4.74 Å². The van der Waals surface area contributed by atoms with Crippen LogP contribution in [-0.2, 0) is 19.6 Å². The number of hydrogen-bond acceptors (Lipinski definition) is 6. The Balaban J connectivity index is 2.23. The van der Waals surface area contributed by atoms with Crippen molar-refractivity contribution in [3.05, 3.63) is 33.4 Å². The van der Waals surface area contributed by atoms with E-state index in [0.717, 1.165) is 6.07 Å². The predicted octanol–water partition coefficient (Wildman–Crippen LogP) is 2.18. The zero-order valence-electron chi connectivity index (χ0n) is 14.5. The highest BCUT2D eigenvalue weighted by Gasteiger charge is 2.33. The van der Waals surface area contributed by atoms with Gasteiger partial charge in [0, 0.05) is 24.7 Å². The highest BCUT2D eigenvalue weighted by atomic mass is 32.2. The van der Waals surface area contributed by atoms with Crippen LogP contribution in [0.1, 0.15) is 30.9 Å². The van der Waals surface area contributed by atoms with Gasteiger partial charge in [-0.15, -0.1) is 0 Å². The number of carbonyl (C=O) groups is 1. The Morgan fingerprint density at radius 3 is 2.44 bits per heavy atom. The zero-order chi connectivity index (χ0) is 18.8. The number of sulfonamides is 1. The Morgan fingerprint density at radius 2 is 1.92 bits per heavy atom. The minimum absolute atomic E-state index is 0.0862. The lowest BCUT2D eigenvalue weighted by molar-refractivity contribution is -0.385. The molecule has 0 spiro atoms. The summed E-state index contributed by atoms with van der Waals surface area (Å²) in [5.41, 5.74) is 0.791. The fourth-order valence-electron chi connectivity index (χ4n) is 2.89. The van der Waals surface area contributed by atoms with E-state index in [4.69, 9.17) is 4.74 Å². The minimum atomic E-state index is -3.84. The van der Waals surface area contributed by atoms with Crippen LogP contribution >= 0.6 is 0 Å². The average Bonchev–Trinajstić information content (AvgIpc) is 2.57. The molecule has 0 aliphatic carbocycles. The van der Waals surface area contributed by atoms with Gasteiger partial charge in [-0.2, -0.15) is 4.31 Å². The molecule has 0 N–H and O–H groups in total. The number of aryl methyl sites for hydroxylation is 1. The van der Waals surface area contributed by atoms with Crippen LogP contribution in [0.5, 0.6) is 0 Å². The van der Waals surface area contributed by atoms with Crippen molar-refractivity contribution >= 4 is 21.7 Å². The fourth-order valence-corrected chi connectivity index (χ4v) is 4.46. The largest absolute Gasteiger partial charge is 0.466 e. The summed E-state index contributed by atoms with van der Waals surface area (Å²) in [5, 5.41) is 11.2. The Bertz CT molecular complexity index is 782. The van der Waals surface area contributed by atoms with Gasteiger partial charge in [0.1, 0.15) is 0 Å². The molecule has 25 heavy (non-hydrogen) atoms. The minimum Gasteiger partial charge on any atom is -0.466 e. The van der Waals surface area contributed by atoms with Crippen LogP contribution in [0.4, 0.5) is 5.69 Å². The number of nitrogens with zero attached hydrogens (tertiary/aromatic N) is 2. The molecule has 1 aliphatic heterocycles. The van der Waals surface area contributed by atoms with Crippen LogP contribution in [-0.4, -0.2) is 43.3 Å². The van der Waals surface area contributed by atoms with E-state index in [1.54, 1.807) is 20.8 Å². The van der Waals surface area contributed by atoms with Crippen LogP contribution in [0.3, 0.4) is 0 Å². The first-order chi connectivity index (χ1) is 11.7. The first-order valence-electron chi connectivity index (χ1n) is 8.11. The topological polar surface area (TPSA) is 107 Å². The lowest BCUT2D eigenvalue weighted by Crippen LogP contribution is -2.40. The molecular formula is C16H22N2O6S. The zero-order valence-corrected chi connectivity index (χ0v) is 15.3. The first-order valence-corrected chi connectivity index (χ1v) is 9.55. The van der Waals surface area contributed by atoms with Crippen molar-refractivity contribution in [2.75, 3.05) is 19.7 Å². The molecule has 0 amide bonds. The average molecular weight is 370 g/mol. The van der Waals surface area contributed by atoms with Crippen molar-refractivity contribution in [2.45, 2.75) is 38.5 Å². The third-order valence-electron chi connectivity index (χ3n) is 4.52. The molecule has 0 atom stereocenters. The molecule has 1 saturated heterocycles. The summed E-state index contributed by atoms with van der Waals surface area (Å²) in [6, 6.07) is 2.56. The van der Waals surface area contributed by atoms with Crippen LogP contribution in [0, 0.1) is 29.9 Å². The van der Waals surface area contributed by atoms with Crippen LogP contribution in [0.25, 0.3) is 0 Å². The quantitative estimate of drug-likeness (QED) is 0.447. The van der Waals surface area contributed by atoms with Crippen molar-refractivity contribution in [3.8, 4) is 0 Å². The predicted molar refractivity (Wildman–Crippen MR) is 90.7 cm³/mol. The number of carbonyl (C=O) groups excluding carboxylic acids is 1.